The minimum Gasteiger partial charge on any atom is -0.303 e. The predicted octanol–water partition coefficient (Wildman–Crippen LogP) is 2.24. The van der Waals surface area contributed by atoms with Gasteiger partial charge in [0.15, 0.2) is 0 Å². The van der Waals surface area contributed by atoms with Crippen molar-refractivity contribution in [1.82, 2.24) is 0 Å². The Morgan fingerprint density at radius 1 is 1.21 bits per heavy atom. The monoisotopic (exact) mass is 194 g/mol. The summed E-state index contributed by atoms with van der Waals surface area (Å²) in [5.41, 5.74) is 1.03. The summed E-state index contributed by atoms with van der Waals surface area (Å²) >= 11 is 0. The van der Waals surface area contributed by atoms with Gasteiger partial charge in [0.1, 0.15) is 12.6 Å². The van der Waals surface area contributed by atoms with Gasteiger partial charge in [-0.2, -0.15) is 0 Å². The Hall–Kier alpha value is -0.920. The number of hydrogen-bond acceptors (Lipinski definition) is 2. The summed E-state index contributed by atoms with van der Waals surface area (Å²) in [6.45, 7) is 7.89. The van der Waals surface area contributed by atoms with Gasteiger partial charge in [0, 0.05) is 11.8 Å². The van der Waals surface area contributed by atoms with Gasteiger partial charge in [-0.15, -0.1) is 0 Å². The first kappa shape index (κ1) is 11.2. The summed E-state index contributed by atoms with van der Waals surface area (Å²) in [7, 11) is 0. The standard InChI is InChI=1S/C12H18O2/c1-8(2)12-5-10(6-13)9(3)4-11(12)7-14/h6-7,9-12H,1,4-5H2,2-3H3. The van der Waals surface area contributed by atoms with Crippen molar-refractivity contribution in [3.05, 3.63) is 12.2 Å². The highest BCUT2D eigenvalue weighted by molar-refractivity contribution is 5.59. The topological polar surface area (TPSA) is 34.1 Å². The maximum Gasteiger partial charge on any atom is 0.123 e. The van der Waals surface area contributed by atoms with Gasteiger partial charge < -0.3 is 9.59 Å². The Bertz CT molecular complexity index is 245. The summed E-state index contributed by atoms with van der Waals surface area (Å²) in [6, 6.07) is 0. The van der Waals surface area contributed by atoms with Gasteiger partial charge in [0.25, 0.3) is 0 Å². The molecule has 2 nitrogen and oxygen atoms in total. The van der Waals surface area contributed by atoms with E-state index in [4.69, 9.17) is 0 Å². The van der Waals surface area contributed by atoms with E-state index in [1.165, 1.54) is 0 Å². The third-order valence-electron chi connectivity index (χ3n) is 3.40. The highest BCUT2D eigenvalue weighted by Gasteiger charge is 2.34. The van der Waals surface area contributed by atoms with Gasteiger partial charge in [-0.3, -0.25) is 0 Å². The second kappa shape index (κ2) is 4.54. The average molecular weight is 194 g/mol. The van der Waals surface area contributed by atoms with Crippen LogP contribution in [0.5, 0.6) is 0 Å². The number of aldehydes is 2. The molecule has 0 bridgehead atoms. The predicted molar refractivity (Wildman–Crippen MR) is 55.8 cm³/mol. The zero-order chi connectivity index (χ0) is 10.7. The number of carbonyl (C=O) groups is 2. The van der Waals surface area contributed by atoms with Crippen LogP contribution in [0.4, 0.5) is 0 Å². The molecule has 0 aliphatic heterocycles. The lowest BCUT2D eigenvalue weighted by Crippen LogP contribution is -2.32. The van der Waals surface area contributed by atoms with Crippen LogP contribution in [-0.2, 0) is 9.59 Å². The molecule has 1 saturated carbocycles. The van der Waals surface area contributed by atoms with E-state index in [0.717, 1.165) is 31.0 Å². The first-order chi connectivity index (χ1) is 6.60. The largest absolute Gasteiger partial charge is 0.303 e. The van der Waals surface area contributed by atoms with Crippen LogP contribution >= 0.6 is 0 Å². The van der Waals surface area contributed by atoms with Crippen molar-refractivity contribution in [3.63, 3.8) is 0 Å². The quantitative estimate of drug-likeness (QED) is 0.510. The maximum atomic E-state index is 10.9. The molecule has 0 aromatic rings. The van der Waals surface area contributed by atoms with Crippen molar-refractivity contribution in [1.29, 1.82) is 0 Å². The van der Waals surface area contributed by atoms with Gasteiger partial charge in [-0.1, -0.05) is 19.1 Å². The molecular formula is C12H18O2. The van der Waals surface area contributed by atoms with E-state index in [2.05, 4.69) is 6.58 Å². The van der Waals surface area contributed by atoms with Crippen molar-refractivity contribution in [2.75, 3.05) is 0 Å². The van der Waals surface area contributed by atoms with Crippen molar-refractivity contribution in [2.24, 2.45) is 23.7 Å². The number of rotatable bonds is 3. The molecule has 1 aliphatic carbocycles. The summed E-state index contributed by atoms with van der Waals surface area (Å²) in [5.74, 6) is 0.712. The molecule has 1 rings (SSSR count). The van der Waals surface area contributed by atoms with E-state index in [9.17, 15) is 9.59 Å². The fraction of sp³-hybridized carbons (Fsp3) is 0.667. The van der Waals surface area contributed by atoms with Gasteiger partial charge in [-0.25, -0.2) is 0 Å². The van der Waals surface area contributed by atoms with Crippen LogP contribution in [0.2, 0.25) is 0 Å². The van der Waals surface area contributed by atoms with Crippen LogP contribution < -0.4 is 0 Å². The Labute approximate surface area is 85.4 Å². The molecule has 0 amide bonds. The molecule has 1 fully saturated rings. The molecule has 4 unspecified atom stereocenters. The fourth-order valence-corrected chi connectivity index (χ4v) is 2.38. The Morgan fingerprint density at radius 3 is 2.21 bits per heavy atom. The van der Waals surface area contributed by atoms with Gasteiger partial charge in [-0.05, 0) is 31.6 Å². The van der Waals surface area contributed by atoms with Crippen molar-refractivity contribution in [2.45, 2.75) is 26.7 Å². The highest BCUT2D eigenvalue weighted by Crippen LogP contribution is 2.39. The molecular weight excluding hydrogens is 176 g/mol. The second-order valence-corrected chi connectivity index (χ2v) is 4.50. The molecule has 0 aromatic carbocycles. The number of carbonyl (C=O) groups excluding carboxylic acids is 2. The molecule has 0 N–H and O–H groups in total. The SMILES string of the molecule is C=C(C)C1CC(C=O)C(C)CC1C=O. The van der Waals surface area contributed by atoms with Crippen LogP contribution in [0.1, 0.15) is 26.7 Å². The minimum absolute atomic E-state index is 0.0682. The van der Waals surface area contributed by atoms with E-state index in [0.29, 0.717) is 5.92 Å². The zero-order valence-electron chi connectivity index (χ0n) is 8.90. The summed E-state index contributed by atoms with van der Waals surface area (Å²) in [6.07, 6.45) is 3.67. The first-order valence-electron chi connectivity index (χ1n) is 5.16. The van der Waals surface area contributed by atoms with Crippen LogP contribution in [0.15, 0.2) is 12.2 Å². The summed E-state index contributed by atoms with van der Waals surface area (Å²) in [5, 5.41) is 0. The van der Waals surface area contributed by atoms with Crippen LogP contribution in [0, 0.1) is 23.7 Å². The molecule has 1 aliphatic rings. The Balaban J connectivity index is 2.78. The molecule has 0 heterocycles. The third-order valence-corrected chi connectivity index (χ3v) is 3.40. The van der Waals surface area contributed by atoms with Crippen LogP contribution in [0.25, 0.3) is 0 Å². The Kier molecular flexibility index (Phi) is 3.62. The second-order valence-electron chi connectivity index (χ2n) is 4.50. The zero-order valence-corrected chi connectivity index (χ0v) is 8.90. The van der Waals surface area contributed by atoms with E-state index in [1.807, 2.05) is 13.8 Å². The normalized spacial score (nSPS) is 37.6. The fourth-order valence-electron chi connectivity index (χ4n) is 2.38. The van der Waals surface area contributed by atoms with Gasteiger partial charge in [0.2, 0.25) is 0 Å². The van der Waals surface area contributed by atoms with Crippen LogP contribution in [0.3, 0.4) is 0 Å². The van der Waals surface area contributed by atoms with E-state index >= 15 is 0 Å². The maximum absolute atomic E-state index is 10.9. The molecule has 0 aromatic heterocycles. The lowest BCUT2D eigenvalue weighted by Gasteiger charge is -2.35. The minimum atomic E-state index is 0.0682. The van der Waals surface area contributed by atoms with Crippen molar-refractivity contribution < 1.29 is 9.59 Å². The summed E-state index contributed by atoms with van der Waals surface area (Å²) in [4.78, 5) is 21.7. The van der Waals surface area contributed by atoms with E-state index < -0.39 is 0 Å². The first-order valence-corrected chi connectivity index (χ1v) is 5.16. The molecule has 78 valence electrons. The van der Waals surface area contributed by atoms with Gasteiger partial charge in [0.05, 0.1) is 0 Å². The molecule has 2 heteroatoms. The van der Waals surface area contributed by atoms with Gasteiger partial charge >= 0.3 is 0 Å². The number of hydrogen-bond donors (Lipinski definition) is 0. The lowest BCUT2D eigenvalue weighted by atomic mass is 9.68. The lowest BCUT2D eigenvalue weighted by molar-refractivity contribution is -0.119. The smallest absolute Gasteiger partial charge is 0.123 e. The van der Waals surface area contributed by atoms with E-state index in [-0.39, 0.29) is 17.8 Å². The molecule has 0 saturated heterocycles. The number of allylic oxidation sites excluding steroid dienone is 1. The average Bonchev–Trinajstić information content (AvgIpc) is 2.16. The van der Waals surface area contributed by atoms with Crippen LogP contribution in [-0.4, -0.2) is 12.6 Å². The molecule has 0 radical (unpaired) electrons. The Morgan fingerprint density at radius 2 is 1.79 bits per heavy atom. The molecule has 0 spiro atoms. The van der Waals surface area contributed by atoms with Crippen molar-refractivity contribution in [3.8, 4) is 0 Å². The third kappa shape index (κ3) is 2.11. The van der Waals surface area contributed by atoms with E-state index in [1.54, 1.807) is 0 Å². The molecule has 4 atom stereocenters. The molecule has 14 heavy (non-hydrogen) atoms. The summed E-state index contributed by atoms with van der Waals surface area (Å²) < 4.78 is 0. The van der Waals surface area contributed by atoms with Crippen molar-refractivity contribution >= 4 is 12.6 Å². The highest BCUT2D eigenvalue weighted by atomic mass is 16.1.